The summed E-state index contributed by atoms with van der Waals surface area (Å²) in [6.45, 7) is 3.57. The zero-order chi connectivity index (χ0) is 39.2. The number of allylic oxidation sites excluding steroid dienone is 1. The van der Waals surface area contributed by atoms with Gasteiger partial charge in [0.05, 0.1) is 35.4 Å². The van der Waals surface area contributed by atoms with Crippen molar-refractivity contribution in [1.82, 2.24) is 35.0 Å². The number of hydrogen-bond donors (Lipinski definition) is 3. The van der Waals surface area contributed by atoms with Crippen LogP contribution in [0.2, 0.25) is 0 Å². The number of nitrogens with zero attached hydrogens (tertiary/aromatic N) is 4. The minimum Gasteiger partial charge on any atom is -0.496 e. The van der Waals surface area contributed by atoms with E-state index in [4.69, 9.17) is 9.47 Å². The van der Waals surface area contributed by atoms with E-state index in [9.17, 15) is 36.0 Å². The van der Waals surface area contributed by atoms with Gasteiger partial charge in [-0.05, 0) is 70.6 Å². The Bertz CT molecular complexity index is 2120. The summed E-state index contributed by atoms with van der Waals surface area (Å²) in [7, 11) is 0.448. The number of nitrogens with one attached hydrogen (secondary N) is 3. The van der Waals surface area contributed by atoms with Crippen molar-refractivity contribution in [2.75, 3.05) is 27.3 Å². The molecule has 292 valence electrons. The van der Waals surface area contributed by atoms with Gasteiger partial charge in [0.2, 0.25) is 15.9 Å². The summed E-state index contributed by atoms with van der Waals surface area (Å²) in [6.07, 6.45) is 2.06. The average Bonchev–Trinajstić information content (AvgIpc) is 3.99. The number of sulfonamides is 1. The van der Waals surface area contributed by atoms with E-state index in [1.807, 2.05) is 12.2 Å². The predicted octanol–water partition coefficient (Wildman–Crippen LogP) is 4.36. The van der Waals surface area contributed by atoms with Crippen LogP contribution in [0.3, 0.4) is 0 Å². The lowest BCUT2D eigenvalue weighted by molar-refractivity contribution is -0.141. The maximum atomic E-state index is 14.0. The molecular formula is C36H44F3N7O7S. The number of carbonyl (C=O) groups excluding carboxylic acids is 3. The highest BCUT2D eigenvalue weighted by Gasteiger charge is 2.62. The quantitative estimate of drug-likeness (QED) is 0.267. The van der Waals surface area contributed by atoms with E-state index in [2.05, 4.69) is 25.4 Å². The van der Waals surface area contributed by atoms with Crippen molar-refractivity contribution >= 4 is 38.8 Å². The molecule has 0 saturated heterocycles. The summed E-state index contributed by atoms with van der Waals surface area (Å²) < 4.78 is 80.6. The first-order valence-electron chi connectivity index (χ1n) is 17.7. The van der Waals surface area contributed by atoms with Gasteiger partial charge in [-0.3, -0.25) is 19.0 Å². The largest absolute Gasteiger partial charge is 0.496 e. The Morgan fingerprint density at radius 1 is 1.13 bits per heavy atom. The molecule has 3 aromatic rings. The molecule has 2 fully saturated rings. The van der Waals surface area contributed by atoms with Crippen LogP contribution in [0.15, 0.2) is 36.4 Å². The maximum Gasteiger partial charge on any atom is 0.435 e. The number of halogens is 3. The molecule has 0 spiro atoms. The lowest BCUT2D eigenvalue weighted by atomic mass is 10.1. The van der Waals surface area contributed by atoms with E-state index in [0.717, 1.165) is 17.2 Å². The lowest BCUT2D eigenvalue weighted by Gasteiger charge is -2.26. The Kier molecular flexibility index (Phi) is 10.4. The van der Waals surface area contributed by atoms with Gasteiger partial charge in [-0.1, -0.05) is 12.2 Å². The minimum absolute atomic E-state index is 0.0753. The fourth-order valence-electron chi connectivity index (χ4n) is 6.55. The number of benzene rings is 1. The van der Waals surface area contributed by atoms with E-state index < -0.39 is 62.0 Å². The zero-order valence-electron chi connectivity index (χ0n) is 30.7. The average molecular weight is 776 g/mol. The molecule has 0 unspecified atom stereocenters. The third kappa shape index (κ3) is 7.70. The number of amides is 4. The normalized spacial score (nSPS) is 23.1. The highest BCUT2D eigenvalue weighted by molar-refractivity contribution is 7.91. The smallest absolute Gasteiger partial charge is 0.435 e. The molecule has 3 atom stereocenters. The van der Waals surface area contributed by atoms with Crippen LogP contribution < -0.4 is 24.8 Å². The summed E-state index contributed by atoms with van der Waals surface area (Å²) in [4.78, 5) is 47.0. The Morgan fingerprint density at radius 3 is 2.54 bits per heavy atom. The van der Waals surface area contributed by atoms with Gasteiger partial charge in [0.25, 0.3) is 5.91 Å². The predicted molar refractivity (Wildman–Crippen MR) is 192 cm³/mol. The second-order valence-electron chi connectivity index (χ2n) is 14.5. The fraction of sp³-hybridized carbons (Fsp3) is 0.528. The summed E-state index contributed by atoms with van der Waals surface area (Å²) in [5.74, 6) is -1.29. The van der Waals surface area contributed by atoms with Crippen LogP contribution in [0.25, 0.3) is 22.3 Å². The third-order valence-electron chi connectivity index (χ3n) is 10.5. The van der Waals surface area contributed by atoms with Crippen LogP contribution in [-0.4, -0.2) is 89.6 Å². The van der Waals surface area contributed by atoms with Gasteiger partial charge in [-0.25, -0.2) is 18.2 Å². The Morgan fingerprint density at radius 2 is 1.87 bits per heavy atom. The van der Waals surface area contributed by atoms with Crippen molar-refractivity contribution in [3.63, 3.8) is 0 Å². The molecule has 6 rings (SSSR count). The summed E-state index contributed by atoms with van der Waals surface area (Å²) in [6, 6.07) is 4.01. The Hall–Kier alpha value is -4.87. The number of pyridine rings is 1. The molecule has 2 aliphatic carbocycles. The SMILES string of the molecule is COc1ccc2c(OCC[C@@H]3NC(=O)N(C)CCCCC=C[C@@H]4C[C@@]4(C(=O)NS(=O)(=O)C4(C)CC4)NC3=O)cc(-c3cc(C(F)(F)F)nn3C)nc2c1C. The fourth-order valence-corrected chi connectivity index (χ4v) is 7.87. The Balaban J connectivity index is 1.29. The van der Waals surface area contributed by atoms with Gasteiger partial charge in [0.1, 0.15) is 23.1 Å². The molecule has 2 saturated carbocycles. The van der Waals surface area contributed by atoms with Gasteiger partial charge < -0.3 is 25.0 Å². The second-order valence-corrected chi connectivity index (χ2v) is 16.7. The molecule has 4 amide bonds. The molecule has 3 N–H and O–H groups in total. The topological polar surface area (TPSA) is 174 Å². The van der Waals surface area contributed by atoms with Crippen LogP contribution in [0.5, 0.6) is 11.5 Å². The molecule has 1 aromatic carbocycles. The molecule has 3 heterocycles. The van der Waals surface area contributed by atoms with Crippen LogP contribution in [0.1, 0.15) is 63.1 Å². The number of ether oxygens (including phenoxy) is 2. The van der Waals surface area contributed by atoms with Gasteiger partial charge in [0.15, 0.2) is 5.69 Å². The van der Waals surface area contributed by atoms with Crippen molar-refractivity contribution in [2.24, 2.45) is 13.0 Å². The highest BCUT2D eigenvalue weighted by Crippen LogP contribution is 2.47. The summed E-state index contributed by atoms with van der Waals surface area (Å²) in [5, 5.41) is 9.64. The second kappa shape index (κ2) is 14.4. The van der Waals surface area contributed by atoms with Crippen molar-refractivity contribution < 1.29 is 45.4 Å². The van der Waals surface area contributed by atoms with E-state index in [1.165, 1.54) is 25.1 Å². The standard InChI is InChI=1S/C36H44F3N7O7S/c1-21-27(52-5)12-11-23-28(18-25(40-30(21)23)26-19-29(36(37,38)39)43-46(26)4)53-17-13-24-31(47)42-35(32(48)44-54(50,51)34(2)14-15-34)20-22(35)10-8-6-7-9-16-45(3)33(49)41-24/h8,10-12,18-19,22,24H,6-7,9,13-17,20H2,1-5H3,(H,41,49)(H,42,47)(H,44,48)/t22-,24+,35-/m1/s1. The number of alkyl halides is 3. The summed E-state index contributed by atoms with van der Waals surface area (Å²) in [5.41, 5.74) is -1.41. The van der Waals surface area contributed by atoms with Crippen molar-refractivity contribution in [3.05, 3.63) is 47.7 Å². The highest BCUT2D eigenvalue weighted by atomic mass is 32.2. The van der Waals surface area contributed by atoms with Crippen molar-refractivity contribution in [3.8, 4) is 22.9 Å². The van der Waals surface area contributed by atoms with E-state index in [-0.39, 0.29) is 36.6 Å². The number of carbonyl (C=O) groups is 3. The molecule has 54 heavy (non-hydrogen) atoms. The van der Waals surface area contributed by atoms with Crippen LogP contribution >= 0.6 is 0 Å². The molecule has 0 radical (unpaired) electrons. The monoisotopic (exact) mass is 775 g/mol. The van der Waals surface area contributed by atoms with Crippen molar-refractivity contribution in [2.45, 2.75) is 81.3 Å². The van der Waals surface area contributed by atoms with Gasteiger partial charge >= 0.3 is 12.2 Å². The number of rotatable bonds is 9. The van der Waals surface area contributed by atoms with Gasteiger partial charge in [0, 0.05) is 50.0 Å². The third-order valence-corrected chi connectivity index (χ3v) is 12.7. The van der Waals surface area contributed by atoms with Crippen molar-refractivity contribution in [1.29, 1.82) is 0 Å². The molecular weight excluding hydrogens is 731 g/mol. The first kappa shape index (κ1) is 38.8. The Labute approximate surface area is 310 Å². The number of aryl methyl sites for hydroxylation is 2. The molecule has 3 aliphatic rings. The zero-order valence-corrected chi connectivity index (χ0v) is 31.5. The van der Waals surface area contributed by atoms with Gasteiger partial charge in [-0.2, -0.15) is 18.3 Å². The molecule has 18 heteroatoms. The number of aromatic nitrogens is 3. The molecule has 2 aromatic heterocycles. The lowest BCUT2D eigenvalue weighted by Crippen LogP contribution is -2.58. The minimum atomic E-state index is -4.68. The van der Waals surface area contributed by atoms with E-state index in [0.29, 0.717) is 54.4 Å². The van der Waals surface area contributed by atoms with Crippen LogP contribution in [-0.2, 0) is 32.8 Å². The molecule has 0 bridgehead atoms. The number of hydrogen-bond acceptors (Lipinski definition) is 9. The van der Waals surface area contributed by atoms with E-state index >= 15 is 0 Å². The van der Waals surface area contributed by atoms with Crippen LogP contribution in [0, 0.1) is 12.8 Å². The molecule has 14 nitrogen and oxygen atoms in total. The van der Waals surface area contributed by atoms with Gasteiger partial charge in [-0.15, -0.1) is 0 Å². The number of fused-ring (bicyclic) bond motifs is 2. The number of urea groups is 1. The maximum absolute atomic E-state index is 14.0. The summed E-state index contributed by atoms with van der Waals surface area (Å²) >= 11 is 0. The first-order chi connectivity index (χ1) is 25.4. The number of methoxy groups -OCH3 is 1. The van der Waals surface area contributed by atoms with Crippen LogP contribution in [0.4, 0.5) is 18.0 Å². The van der Waals surface area contributed by atoms with E-state index in [1.54, 1.807) is 33.0 Å². The molecule has 1 aliphatic heterocycles. The first-order valence-corrected chi connectivity index (χ1v) is 19.2.